The van der Waals surface area contributed by atoms with Gasteiger partial charge in [0.25, 0.3) is 0 Å². The molecule has 0 aliphatic rings. The molecule has 0 bridgehead atoms. The molecule has 0 heterocycles. The number of rotatable bonds is 5. The SMILES string of the molecule is CCOC(=O)c1ccc(OCOC)cc1. The summed E-state index contributed by atoms with van der Waals surface area (Å²) in [6, 6.07) is 6.71. The zero-order valence-corrected chi connectivity index (χ0v) is 8.86. The molecule has 1 aromatic rings. The third kappa shape index (κ3) is 3.59. The summed E-state index contributed by atoms with van der Waals surface area (Å²) in [4.78, 5) is 11.3. The Morgan fingerprint density at radius 2 is 1.93 bits per heavy atom. The molecular formula is C11H14O4. The van der Waals surface area contributed by atoms with Crippen molar-refractivity contribution >= 4 is 5.97 Å². The summed E-state index contributed by atoms with van der Waals surface area (Å²) in [7, 11) is 1.55. The molecule has 0 fully saturated rings. The van der Waals surface area contributed by atoms with Crippen LogP contribution in [-0.4, -0.2) is 26.5 Å². The highest BCUT2D eigenvalue weighted by Gasteiger charge is 2.05. The molecule has 1 aromatic carbocycles. The van der Waals surface area contributed by atoms with Gasteiger partial charge in [0.05, 0.1) is 12.2 Å². The Bertz CT molecular complexity index is 305. The lowest BCUT2D eigenvalue weighted by Gasteiger charge is -2.05. The first-order chi connectivity index (χ1) is 7.27. The number of esters is 1. The van der Waals surface area contributed by atoms with Gasteiger partial charge >= 0.3 is 5.97 Å². The lowest BCUT2D eigenvalue weighted by atomic mass is 10.2. The first kappa shape index (κ1) is 11.5. The van der Waals surface area contributed by atoms with Gasteiger partial charge in [0, 0.05) is 7.11 Å². The van der Waals surface area contributed by atoms with Crippen LogP contribution >= 0.6 is 0 Å². The second-order valence-electron chi connectivity index (χ2n) is 2.80. The van der Waals surface area contributed by atoms with Crippen molar-refractivity contribution in [1.82, 2.24) is 0 Å². The Balaban J connectivity index is 2.59. The molecule has 0 radical (unpaired) electrons. The van der Waals surface area contributed by atoms with Crippen LogP contribution < -0.4 is 4.74 Å². The topological polar surface area (TPSA) is 44.8 Å². The average Bonchev–Trinajstić information content (AvgIpc) is 2.27. The van der Waals surface area contributed by atoms with Crippen LogP contribution in [-0.2, 0) is 9.47 Å². The molecule has 0 aromatic heterocycles. The van der Waals surface area contributed by atoms with Crippen LogP contribution in [0.2, 0.25) is 0 Å². The van der Waals surface area contributed by atoms with E-state index in [1.54, 1.807) is 38.3 Å². The fourth-order valence-electron chi connectivity index (χ4n) is 1.03. The molecule has 4 heteroatoms. The molecule has 0 spiro atoms. The highest BCUT2D eigenvalue weighted by molar-refractivity contribution is 5.89. The van der Waals surface area contributed by atoms with Crippen molar-refractivity contribution in [2.75, 3.05) is 20.5 Å². The number of hydrogen-bond acceptors (Lipinski definition) is 4. The Hall–Kier alpha value is -1.55. The maximum absolute atomic E-state index is 11.3. The van der Waals surface area contributed by atoms with Crippen LogP contribution in [0.25, 0.3) is 0 Å². The lowest BCUT2D eigenvalue weighted by molar-refractivity contribution is 0.0508. The first-order valence-corrected chi connectivity index (χ1v) is 4.67. The van der Waals surface area contributed by atoms with Crippen LogP contribution in [0.3, 0.4) is 0 Å². The summed E-state index contributed by atoms with van der Waals surface area (Å²) in [6.07, 6.45) is 0. The van der Waals surface area contributed by atoms with Gasteiger partial charge < -0.3 is 14.2 Å². The van der Waals surface area contributed by atoms with Gasteiger partial charge in [-0.2, -0.15) is 0 Å². The van der Waals surface area contributed by atoms with Gasteiger partial charge in [-0.15, -0.1) is 0 Å². The Kier molecular flexibility index (Phi) is 4.63. The zero-order valence-electron chi connectivity index (χ0n) is 8.86. The predicted octanol–water partition coefficient (Wildman–Crippen LogP) is 1.85. The van der Waals surface area contributed by atoms with Crippen molar-refractivity contribution < 1.29 is 19.0 Å². The van der Waals surface area contributed by atoms with E-state index in [4.69, 9.17) is 14.2 Å². The minimum atomic E-state index is -0.323. The van der Waals surface area contributed by atoms with E-state index in [1.165, 1.54) is 0 Å². The molecule has 15 heavy (non-hydrogen) atoms. The van der Waals surface area contributed by atoms with Gasteiger partial charge in [-0.05, 0) is 31.2 Å². The van der Waals surface area contributed by atoms with E-state index in [0.717, 1.165) is 0 Å². The molecule has 0 unspecified atom stereocenters. The highest BCUT2D eigenvalue weighted by Crippen LogP contribution is 2.12. The molecule has 0 N–H and O–H groups in total. The largest absolute Gasteiger partial charge is 0.468 e. The van der Waals surface area contributed by atoms with E-state index < -0.39 is 0 Å². The van der Waals surface area contributed by atoms with Gasteiger partial charge in [-0.3, -0.25) is 0 Å². The quantitative estimate of drug-likeness (QED) is 0.549. The number of hydrogen-bond donors (Lipinski definition) is 0. The van der Waals surface area contributed by atoms with Crippen LogP contribution in [0.5, 0.6) is 5.75 Å². The summed E-state index contributed by atoms with van der Waals surface area (Å²) in [5.41, 5.74) is 0.515. The highest BCUT2D eigenvalue weighted by atomic mass is 16.7. The molecule has 1 rings (SSSR count). The number of carbonyl (C=O) groups excluding carboxylic acids is 1. The van der Waals surface area contributed by atoms with Crippen LogP contribution in [0.15, 0.2) is 24.3 Å². The predicted molar refractivity (Wildman–Crippen MR) is 54.9 cm³/mol. The maximum Gasteiger partial charge on any atom is 0.338 e. The van der Waals surface area contributed by atoms with Gasteiger partial charge in [0.1, 0.15) is 5.75 Å². The van der Waals surface area contributed by atoms with Gasteiger partial charge in [-0.25, -0.2) is 4.79 Å². The number of carbonyl (C=O) groups is 1. The number of ether oxygens (including phenoxy) is 3. The van der Waals surface area contributed by atoms with Crippen molar-refractivity contribution in [2.45, 2.75) is 6.92 Å². The van der Waals surface area contributed by atoms with E-state index in [2.05, 4.69) is 0 Å². The van der Waals surface area contributed by atoms with Crippen LogP contribution in [0.4, 0.5) is 0 Å². The molecule has 0 atom stereocenters. The maximum atomic E-state index is 11.3. The molecule has 0 amide bonds. The molecule has 4 nitrogen and oxygen atoms in total. The average molecular weight is 210 g/mol. The van der Waals surface area contributed by atoms with Crippen molar-refractivity contribution in [1.29, 1.82) is 0 Å². The van der Waals surface area contributed by atoms with Crippen LogP contribution in [0, 0.1) is 0 Å². The monoisotopic (exact) mass is 210 g/mol. The van der Waals surface area contributed by atoms with Gasteiger partial charge in [0.15, 0.2) is 6.79 Å². The van der Waals surface area contributed by atoms with Gasteiger partial charge in [-0.1, -0.05) is 0 Å². The van der Waals surface area contributed by atoms with Crippen molar-refractivity contribution in [2.24, 2.45) is 0 Å². The summed E-state index contributed by atoms with van der Waals surface area (Å²) in [6.45, 7) is 2.34. The van der Waals surface area contributed by atoms with E-state index >= 15 is 0 Å². The van der Waals surface area contributed by atoms with E-state index in [0.29, 0.717) is 17.9 Å². The van der Waals surface area contributed by atoms with E-state index in [1.807, 2.05) is 0 Å². The Morgan fingerprint density at radius 3 is 2.47 bits per heavy atom. The van der Waals surface area contributed by atoms with Crippen molar-refractivity contribution in [3.63, 3.8) is 0 Å². The van der Waals surface area contributed by atoms with E-state index in [-0.39, 0.29) is 12.8 Å². The summed E-state index contributed by atoms with van der Waals surface area (Å²) >= 11 is 0. The molecule has 82 valence electrons. The molecular weight excluding hydrogens is 196 g/mol. The minimum Gasteiger partial charge on any atom is -0.468 e. The fraction of sp³-hybridized carbons (Fsp3) is 0.364. The minimum absolute atomic E-state index is 0.193. The van der Waals surface area contributed by atoms with Gasteiger partial charge in [0.2, 0.25) is 0 Å². The summed E-state index contributed by atoms with van der Waals surface area (Å²) in [5, 5.41) is 0. The third-order valence-electron chi connectivity index (χ3n) is 1.71. The Labute approximate surface area is 88.8 Å². The van der Waals surface area contributed by atoms with Crippen molar-refractivity contribution in [3.8, 4) is 5.75 Å². The summed E-state index contributed by atoms with van der Waals surface area (Å²) in [5.74, 6) is 0.334. The smallest absolute Gasteiger partial charge is 0.338 e. The summed E-state index contributed by atoms with van der Waals surface area (Å²) < 4.78 is 14.8. The van der Waals surface area contributed by atoms with Crippen molar-refractivity contribution in [3.05, 3.63) is 29.8 Å². The second-order valence-corrected chi connectivity index (χ2v) is 2.80. The normalized spacial score (nSPS) is 9.73. The van der Waals surface area contributed by atoms with E-state index in [9.17, 15) is 4.79 Å². The zero-order chi connectivity index (χ0) is 11.1. The standard InChI is InChI=1S/C11H14O4/c1-3-14-11(12)9-4-6-10(7-5-9)15-8-13-2/h4-7H,3,8H2,1-2H3. The molecule has 0 saturated heterocycles. The number of benzene rings is 1. The molecule has 0 aliphatic heterocycles. The number of methoxy groups -OCH3 is 1. The first-order valence-electron chi connectivity index (χ1n) is 4.67. The molecule has 0 aliphatic carbocycles. The third-order valence-corrected chi connectivity index (χ3v) is 1.71. The Morgan fingerprint density at radius 1 is 1.27 bits per heavy atom. The fourth-order valence-corrected chi connectivity index (χ4v) is 1.03. The van der Waals surface area contributed by atoms with Crippen LogP contribution in [0.1, 0.15) is 17.3 Å². The second kappa shape index (κ2) is 6.03. The molecule has 0 saturated carbocycles. The lowest BCUT2D eigenvalue weighted by Crippen LogP contribution is -2.04.